The molecule has 266 valence electrons. The van der Waals surface area contributed by atoms with Crippen molar-refractivity contribution >= 4 is 11.8 Å². The van der Waals surface area contributed by atoms with Crippen LogP contribution < -0.4 is 0 Å². The molecule has 0 aromatic rings. The second-order valence-corrected chi connectivity index (χ2v) is 18.2. The van der Waals surface area contributed by atoms with Gasteiger partial charge in [-0.15, -0.1) is 11.8 Å². The first kappa shape index (κ1) is 37.1. The molecule has 1 aliphatic heterocycles. The number of thioether (sulfide) groups is 1. The minimum Gasteiger partial charge on any atom is -0.394 e. The summed E-state index contributed by atoms with van der Waals surface area (Å²) in [6.07, 6.45) is 17.7. The zero-order valence-corrected chi connectivity index (χ0v) is 30.6. The van der Waals surface area contributed by atoms with Crippen LogP contribution in [-0.4, -0.2) is 75.3 Å². The second-order valence-electron chi connectivity index (χ2n) is 17.0. The Morgan fingerprint density at radius 1 is 0.891 bits per heavy atom. The van der Waals surface area contributed by atoms with Gasteiger partial charge >= 0.3 is 0 Å². The Balaban J connectivity index is 1.02. The van der Waals surface area contributed by atoms with Crippen molar-refractivity contribution in [3.8, 4) is 0 Å². The van der Waals surface area contributed by atoms with Gasteiger partial charge in [-0.25, -0.2) is 0 Å². The predicted octanol–water partition coefficient (Wildman–Crippen LogP) is 7.51. The number of aliphatic hydroxyl groups is 4. The summed E-state index contributed by atoms with van der Waals surface area (Å²) in [5, 5.41) is 39.5. The lowest BCUT2D eigenvalue weighted by molar-refractivity contribution is -0.205. The largest absolute Gasteiger partial charge is 0.394 e. The van der Waals surface area contributed by atoms with Crippen molar-refractivity contribution in [3.63, 3.8) is 0 Å². The molecule has 0 aromatic heterocycles. The molecule has 6 nitrogen and oxygen atoms in total. The molecular weight excluding hydrogens is 596 g/mol. The number of unbranched alkanes of at least 4 members (excludes halogenated alkanes) is 3. The Bertz CT molecular complexity index is 988. The molecule has 0 spiro atoms. The number of fused-ring (bicyclic) bond motifs is 5. The first-order chi connectivity index (χ1) is 22.0. The fraction of sp³-hybridized carbons (Fsp3) is 0.949. The van der Waals surface area contributed by atoms with E-state index in [9.17, 15) is 20.4 Å². The second kappa shape index (κ2) is 16.2. The molecule has 1 unspecified atom stereocenters. The third-order valence-corrected chi connectivity index (χ3v) is 15.0. The van der Waals surface area contributed by atoms with Crippen LogP contribution in [0.4, 0.5) is 0 Å². The molecule has 46 heavy (non-hydrogen) atoms. The van der Waals surface area contributed by atoms with Crippen LogP contribution in [-0.2, 0) is 9.47 Å². The van der Waals surface area contributed by atoms with Crippen molar-refractivity contribution in [2.24, 2.45) is 46.3 Å². The molecule has 3 saturated carbocycles. The third-order valence-electron chi connectivity index (χ3n) is 13.8. The van der Waals surface area contributed by atoms with Crippen molar-refractivity contribution in [3.05, 3.63) is 11.6 Å². The standard InChI is InChI=1S/C39H68O6S/c1-25(2)11-10-12-26(3)30-15-16-31-29-14-13-27-23-28(17-19-38(27,4)32(29)18-20-39(30,31)5)44-21-8-6-7-9-22-46-37-36(43)35(42)34(41)33(24-40)45-37/h13,25-26,28-37,40-43H,6-12,14-24H2,1-5H3/t26-,28?,29+,30-,31+,32+,33-,34-,35+,36-,37+,38+,39-/m1/s1. The highest BCUT2D eigenvalue weighted by Gasteiger charge is 2.59. The van der Waals surface area contributed by atoms with Gasteiger partial charge in [0.25, 0.3) is 0 Å². The minimum absolute atomic E-state index is 0.369. The molecular formula is C39H68O6S. The maximum atomic E-state index is 10.2. The molecule has 1 heterocycles. The van der Waals surface area contributed by atoms with Gasteiger partial charge in [0.15, 0.2) is 0 Å². The van der Waals surface area contributed by atoms with Crippen LogP contribution in [0.1, 0.15) is 131 Å². The monoisotopic (exact) mass is 664 g/mol. The van der Waals surface area contributed by atoms with E-state index in [1.807, 2.05) is 0 Å². The van der Waals surface area contributed by atoms with E-state index >= 15 is 0 Å². The van der Waals surface area contributed by atoms with E-state index in [4.69, 9.17) is 9.47 Å². The number of hydrogen-bond donors (Lipinski definition) is 4. The highest BCUT2D eigenvalue weighted by molar-refractivity contribution is 7.99. The average Bonchev–Trinajstić information content (AvgIpc) is 3.39. The summed E-state index contributed by atoms with van der Waals surface area (Å²) in [4.78, 5) is 0. The van der Waals surface area contributed by atoms with Gasteiger partial charge in [0.1, 0.15) is 29.9 Å². The van der Waals surface area contributed by atoms with Gasteiger partial charge < -0.3 is 29.9 Å². The topological polar surface area (TPSA) is 99.4 Å². The van der Waals surface area contributed by atoms with Crippen LogP contribution in [0, 0.1) is 46.3 Å². The van der Waals surface area contributed by atoms with Gasteiger partial charge in [0.05, 0.1) is 12.7 Å². The van der Waals surface area contributed by atoms with Crippen LogP contribution in [0.2, 0.25) is 0 Å². The molecule has 4 fully saturated rings. The van der Waals surface area contributed by atoms with Crippen molar-refractivity contribution < 1.29 is 29.9 Å². The van der Waals surface area contributed by atoms with Crippen molar-refractivity contribution in [2.75, 3.05) is 19.0 Å². The molecule has 1 saturated heterocycles. The normalized spacial score (nSPS) is 43.1. The molecule has 0 amide bonds. The lowest BCUT2D eigenvalue weighted by Gasteiger charge is -2.58. The summed E-state index contributed by atoms with van der Waals surface area (Å²) >= 11 is 1.45. The summed E-state index contributed by atoms with van der Waals surface area (Å²) in [7, 11) is 0. The van der Waals surface area contributed by atoms with Gasteiger partial charge in [-0.2, -0.15) is 0 Å². The quantitative estimate of drug-likeness (QED) is 0.106. The van der Waals surface area contributed by atoms with Crippen molar-refractivity contribution in [2.45, 2.75) is 167 Å². The van der Waals surface area contributed by atoms with Gasteiger partial charge in [-0.05, 0) is 116 Å². The van der Waals surface area contributed by atoms with E-state index in [-0.39, 0.29) is 6.61 Å². The molecule has 7 heteroatoms. The fourth-order valence-corrected chi connectivity index (χ4v) is 12.2. The SMILES string of the molecule is CC(C)CCC[C@@H](C)[C@H]1CC[C@H]2[C@@H]3CC=C4CC(OCCCCCCS[C@@H]5O[C@H](CO)[C@@H](O)[C@H](O)[C@H]5O)CC[C@]4(C)[C@H]3CC[C@]12C. The predicted molar refractivity (Wildman–Crippen MR) is 187 cm³/mol. The Morgan fingerprint density at radius 3 is 2.43 bits per heavy atom. The Labute approximate surface area is 284 Å². The fourth-order valence-electron chi connectivity index (χ4n) is 11.0. The van der Waals surface area contributed by atoms with Crippen molar-refractivity contribution in [1.82, 2.24) is 0 Å². The summed E-state index contributed by atoms with van der Waals surface area (Å²) < 4.78 is 12.1. The molecule has 4 aliphatic carbocycles. The highest BCUT2D eigenvalue weighted by Crippen LogP contribution is 2.67. The van der Waals surface area contributed by atoms with Crippen LogP contribution in [0.5, 0.6) is 0 Å². The van der Waals surface area contributed by atoms with Gasteiger partial charge in [-0.3, -0.25) is 0 Å². The summed E-state index contributed by atoms with van der Waals surface area (Å²) in [5.41, 5.74) is 2.03. The lowest BCUT2D eigenvalue weighted by Crippen LogP contribution is -2.57. The third kappa shape index (κ3) is 7.92. The van der Waals surface area contributed by atoms with Gasteiger partial charge in [0, 0.05) is 6.61 Å². The smallest absolute Gasteiger partial charge is 0.132 e. The molecule has 5 aliphatic rings. The van der Waals surface area contributed by atoms with Crippen molar-refractivity contribution in [1.29, 1.82) is 0 Å². The molecule has 4 N–H and O–H groups in total. The van der Waals surface area contributed by atoms with E-state index in [1.165, 1.54) is 76.0 Å². The number of hydrogen-bond acceptors (Lipinski definition) is 7. The number of ether oxygens (including phenoxy) is 2. The van der Waals surface area contributed by atoms with E-state index < -0.39 is 29.9 Å². The van der Waals surface area contributed by atoms with E-state index in [2.05, 4.69) is 40.7 Å². The Kier molecular flexibility index (Phi) is 13.1. The lowest BCUT2D eigenvalue weighted by atomic mass is 9.47. The van der Waals surface area contributed by atoms with Crippen LogP contribution in [0.15, 0.2) is 11.6 Å². The van der Waals surface area contributed by atoms with Crippen LogP contribution in [0.3, 0.4) is 0 Å². The minimum atomic E-state index is -1.29. The maximum absolute atomic E-state index is 10.2. The average molecular weight is 665 g/mol. The van der Waals surface area contributed by atoms with Gasteiger partial charge in [0.2, 0.25) is 0 Å². The Morgan fingerprint density at radius 2 is 1.67 bits per heavy atom. The zero-order valence-electron chi connectivity index (χ0n) is 29.7. The van der Waals surface area contributed by atoms with E-state index in [1.54, 1.807) is 5.57 Å². The first-order valence-corrected chi connectivity index (χ1v) is 20.3. The number of rotatable bonds is 15. The zero-order chi connectivity index (χ0) is 33.1. The van der Waals surface area contributed by atoms with Crippen LogP contribution in [0.25, 0.3) is 0 Å². The number of aliphatic hydroxyl groups excluding tert-OH is 4. The molecule has 13 atom stereocenters. The summed E-state index contributed by atoms with van der Waals surface area (Å²) in [5.74, 6) is 6.10. The van der Waals surface area contributed by atoms with Gasteiger partial charge in [-0.1, -0.05) is 78.4 Å². The molecule has 0 radical (unpaired) electrons. The summed E-state index contributed by atoms with van der Waals surface area (Å²) in [6, 6.07) is 0. The number of allylic oxidation sites excluding steroid dienone is 1. The van der Waals surface area contributed by atoms with E-state index in [0.717, 1.165) is 80.0 Å². The first-order valence-electron chi connectivity index (χ1n) is 19.2. The molecule has 5 rings (SSSR count). The summed E-state index contributed by atoms with van der Waals surface area (Å²) in [6.45, 7) is 13.1. The Hall–Kier alpha value is -0.150. The highest BCUT2D eigenvalue weighted by atomic mass is 32.2. The molecule has 0 bridgehead atoms. The van der Waals surface area contributed by atoms with E-state index in [0.29, 0.717) is 16.9 Å². The maximum Gasteiger partial charge on any atom is 0.132 e. The molecule has 0 aromatic carbocycles. The van der Waals surface area contributed by atoms with Crippen LogP contribution >= 0.6 is 11.8 Å².